The number of carbonyl (C=O) groups excluding carboxylic acids is 1. The zero-order valence-corrected chi connectivity index (χ0v) is 13.0. The van der Waals surface area contributed by atoms with Crippen molar-refractivity contribution in [2.24, 2.45) is 0 Å². The van der Waals surface area contributed by atoms with E-state index in [2.05, 4.69) is 20.5 Å². The number of hydrogen-bond acceptors (Lipinski definition) is 5. The Hall–Kier alpha value is -3.29. The molecule has 1 atom stereocenters. The van der Waals surface area contributed by atoms with Crippen molar-refractivity contribution < 1.29 is 4.79 Å². The van der Waals surface area contributed by atoms with Crippen molar-refractivity contribution in [1.29, 1.82) is 0 Å². The fraction of sp³-hybridized carbons (Fsp3) is 0.188. The van der Waals surface area contributed by atoms with Crippen molar-refractivity contribution in [1.82, 2.24) is 29.9 Å². The summed E-state index contributed by atoms with van der Waals surface area (Å²) in [7, 11) is 0. The van der Waals surface area contributed by atoms with Crippen LogP contribution in [-0.2, 0) is 11.3 Å². The van der Waals surface area contributed by atoms with Crippen molar-refractivity contribution in [2.75, 3.05) is 0 Å². The second-order valence-electron chi connectivity index (χ2n) is 5.17. The number of pyridine rings is 1. The third kappa shape index (κ3) is 3.37. The molecule has 0 bridgehead atoms. The van der Waals surface area contributed by atoms with Gasteiger partial charge in [-0.15, -0.1) is 5.10 Å². The molecule has 3 heterocycles. The number of nitrogens with one attached hydrogen (secondary N) is 1. The maximum atomic E-state index is 12.3. The second kappa shape index (κ2) is 6.86. The molecule has 3 rings (SSSR count). The van der Waals surface area contributed by atoms with Crippen molar-refractivity contribution in [3.8, 4) is 5.82 Å². The van der Waals surface area contributed by atoms with Crippen molar-refractivity contribution in [3.63, 3.8) is 0 Å². The molecule has 0 radical (unpaired) electrons. The van der Waals surface area contributed by atoms with Crippen LogP contribution in [0.15, 0.2) is 59.9 Å². The number of carbonyl (C=O) groups is 1. The minimum Gasteiger partial charge on any atom is -0.350 e. The highest BCUT2D eigenvalue weighted by molar-refractivity contribution is 5.79. The summed E-state index contributed by atoms with van der Waals surface area (Å²) < 4.78 is 2.68. The number of amides is 1. The quantitative estimate of drug-likeness (QED) is 0.745. The van der Waals surface area contributed by atoms with Crippen molar-refractivity contribution in [3.05, 3.63) is 71.0 Å². The van der Waals surface area contributed by atoms with E-state index < -0.39 is 6.04 Å². The predicted octanol–water partition coefficient (Wildman–Crippen LogP) is 0.701. The van der Waals surface area contributed by atoms with E-state index in [1.165, 1.54) is 10.7 Å². The minimum atomic E-state index is -0.741. The largest absolute Gasteiger partial charge is 0.350 e. The van der Waals surface area contributed by atoms with Crippen LogP contribution >= 0.6 is 0 Å². The highest BCUT2D eigenvalue weighted by Gasteiger charge is 2.17. The van der Waals surface area contributed by atoms with Gasteiger partial charge in [-0.05, 0) is 36.8 Å². The molecule has 0 spiro atoms. The summed E-state index contributed by atoms with van der Waals surface area (Å²) >= 11 is 0. The van der Waals surface area contributed by atoms with E-state index >= 15 is 0 Å². The summed E-state index contributed by atoms with van der Waals surface area (Å²) in [4.78, 5) is 28.3. The van der Waals surface area contributed by atoms with Gasteiger partial charge in [-0.25, -0.2) is 9.36 Å². The Balaban J connectivity index is 1.76. The van der Waals surface area contributed by atoms with Crippen molar-refractivity contribution in [2.45, 2.75) is 19.5 Å². The summed E-state index contributed by atoms with van der Waals surface area (Å²) in [5, 5.41) is 11.1. The fourth-order valence-corrected chi connectivity index (χ4v) is 2.17. The summed E-state index contributed by atoms with van der Waals surface area (Å²) in [6, 6.07) is 7.57. The van der Waals surface area contributed by atoms with E-state index in [9.17, 15) is 9.59 Å². The van der Waals surface area contributed by atoms with Gasteiger partial charge in [0, 0.05) is 37.4 Å². The lowest BCUT2D eigenvalue weighted by atomic mass is 10.2. The van der Waals surface area contributed by atoms with Gasteiger partial charge in [0.05, 0.1) is 0 Å². The Labute approximate surface area is 137 Å². The molecule has 0 aliphatic carbocycles. The molecule has 0 saturated heterocycles. The van der Waals surface area contributed by atoms with Gasteiger partial charge in [0.2, 0.25) is 5.91 Å². The maximum absolute atomic E-state index is 12.3. The van der Waals surface area contributed by atoms with Gasteiger partial charge in [-0.3, -0.25) is 14.6 Å². The number of hydrogen-bond donors (Lipinski definition) is 1. The van der Waals surface area contributed by atoms with Gasteiger partial charge >= 0.3 is 0 Å². The lowest BCUT2D eigenvalue weighted by molar-refractivity contribution is -0.124. The monoisotopic (exact) mass is 324 g/mol. The molecule has 3 aromatic heterocycles. The first kappa shape index (κ1) is 15.6. The van der Waals surface area contributed by atoms with E-state index in [0.29, 0.717) is 12.4 Å². The van der Waals surface area contributed by atoms with Crippen LogP contribution in [0.1, 0.15) is 18.5 Å². The van der Waals surface area contributed by atoms with Crippen molar-refractivity contribution >= 4 is 5.91 Å². The van der Waals surface area contributed by atoms with Crippen LogP contribution < -0.4 is 10.9 Å². The van der Waals surface area contributed by atoms with E-state index in [0.717, 1.165) is 10.2 Å². The highest BCUT2D eigenvalue weighted by atomic mass is 16.2. The molecule has 1 unspecified atom stereocenters. The molecule has 8 nitrogen and oxygen atoms in total. The molecule has 8 heteroatoms. The molecule has 1 amide bonds. The first-order valence-electron chi connectivity index (χ1n) is 7.41. The second-order valence-corrected chi connectivity index (χ2v) is 5.17. The summed E-state index contributed by atoms with van der Waals surface area (Å²) in [5.41, 5.74) is 0.577. The van der Waals surface area contributed by atoms with Crippen LogP contribution in [0.5, 0.6) is 0 Å². The Bertz CT molecular complexity index is 873. The van der Waals surface area contributed by atoms with E-state index in [4.69, 9.17) is 0 Å². The molecular formula is C16H16N6O2. The molecular weight excluding hydrogens is 308 g/mol. The van der Waals surface area contributed by atoms with Gasteiger partial charge in [0.15, 0.2) is 5.82 Å². The molecule has 122 valence electrons. The highest BCUT2D eigenvalue weighted by Crippen LogP contribution is 2.05. The third-order valence-corrected chi connectivity index (χ3v) is 3.51. The first-order chi connectivity index (χ1) is 11.6. The van der Waals surface area contributed by atoms with E-state index in [1.54, 1.807) is 43.8 Å². The maximum Gasteiger partial charge on any atom is 0.267 e. The smallest absolute Gasteiger partial charge is 0.267 e. The fourth-order valence-electron chi connectivity index (χ4n) is 2.17. The molecule has 0 saturated carbocycles. The summed E-state index contributed by atoms with van der Waals surface area (Å²) in [6.07, 6.45) is 6.64. The number of nitrogens with zero attached hydrogens (tertiary/aromatic N) is 5. The first-order valence-corrected chi connectivity index (χ1v) is 7.41. The normalized spacial score (nSPS) is 11.9. The topological polar surface area (TPSA) is 94.7 Å². The average molecular weight is 324 g/mol. The standard InChI is InChI=1S/C16H16N6O2/c1-12(16(24)18-11-13-5-8-17-9-6-13)22-15(23)4-3-14(20-22)21-10-2-7-19-21/h2-10,12H,11H2,1H3,(H,18,24). The van der Waals surface area contributed by atoms with Crippen LogP contribution in [0.2, 0.25) is 0 Å². The minimum absolute atomic E-state index is 0.293. The SMILES string of the molecule is CC(C(=O)NCc1ccncc1)n1nc(-n2cccn2)ccc1=O. The Morgan fingerprint density at radius 2 is 2.00 bits per heavy atom. The predicted molar refractivity (Wildman–Crippen MR) is 86.4 cm³/mol. The van der Waals surface area contributed by atoms with E-state index in [-0.39, 0.29) is 11.5 Å². The van der Waals surface area contributed by atoms with Gasteiger partial charge in [0.25, 0.3) is 5.56 Å². The summed E-state index contributed by atoms with van der Waals surface area (Å²) in [6.45, 7) is 1.99. The van der Waals surface area contributed by atoms with Crippen LogP contribution in [0.25, 0.3) is 5.82 Å². The lowest BCUT2D eigenvalue weighted by Gasteiger charge is -2.15. The number of rotatable bonds is 5. The Kier molecular flexibility index (Phi) is 4.46. The molecule has 3 aromatic rings. The van der Waals surface area contributed by atoms with Gasteiger partial charge in [-0.2, -0.15) is 5.10 Å². The van der Waals surface area contributed by atoms with Gasteiger partial charge in [0.1, 0.15) is 6.04 Å². The van der Waals surface area contributed by atoms with Gasteiger partial charge < -0.3 is 5.32 Å². The molecule has 1 N–H and O–H groups in total. The van der Waals surface area contributed by atoms with Crippen LogP contribution in [0.3, 0.4) is 0 Å². The Morgan fingerprint density at radius 3 is 2.71 bits per heavy atom. The lowest BCUT2D eigenvalue weighted by Crippen LogP contribution is -2.37. The Morgan fingerprint density at radius 1 is 1.21 bits per heavy atom. The van der Waals surface area contributed by atoms with Gasteiger partial charge in [-0.1, -0.05) is 0 Å². The van der Waals surface area contributed by atoms with Crippen LogP contribution in [-0.4, -0.2) is 30.5 Å². The molecule has 0 fully saturated rings. The van der Waals surface area contributed by atoms with Crippen LogP contribution in [0.4, 0.5) is 0 Å². The molecule has 0 aliphatic heterocycles. The number of aromatic nitrogens is 5. The summed E-state index contributed by atoms with van der Waals surface area (Å²) in [5.74, 6) is 0.174. The van der Waals surface area contributed by atoms with Crippen LogP contribution in [0, 0.1) is 0 Å². The third-order valence-electron chi connectivity index (χ3n) is 3.51. The average Bonchev–Trinajstić information content (AvgIpc) is 3.15. The molecule has 24 heavy (non-hydrogen) atoms. The zero-order chi connectivity index (χ0) is 16.9. The van der Waals surface area contributed by atoms with E-state index in [1.807, 2.05) is 12.1 Å². The zero-order valence-electron chi connectivity index (χ0n) is 13.0. The molecule has 0 aromatic carbocycles. The molecule has 0 aliphatic rings.